The molecule has 2 heteroatoms. The first-order valence-electron chi connectivity index (χ1n) is 9.36. The van der Waals surface area contributed by atoms with Crippen molar-refractivity contribution >= 4 is 0 Å². The largest absolute Gasteiger partial charge is 0.375 e. The topological polar surface area (TPSA) is 21.3 Å². The normalized spacial score (nSPS) is 36.4. The fourth-order valence-electron chi connectivity index (χ4n) is 5.18. The van der Waals surface area contributed by atoms with Gasteiger partial charge < -0.3 is 10.1 Å². The van der Waals surface area contributed by atoms with Gasteiger partial charge in [-0.05, 0) is 83.6 Å². The lowest BCUT2D eigenvalue weighted by Gasteiger charge is -2.42. The minimum Gasteiger partial charge on any atom is -0.375 e. The highest BCUT2D eigenvalue weighted by Crippen LogP contribution is 2.48. The van der Waals surface area contributed by atoms with Crippen LogP contribution in [-0.2, 0) is 4.74 Å². The van der Waals surface area contributed by atoms with E-state index in [2.05, 4.69) is 26.1 Å². The van der Waals surface area contributed by atoms with Crippen molar-refractivity contribution in [3.63, 3.8) is 0 Å². The van der Waals surface area contributed by atoms with E-state index in [0.717, 1.165) is 24.4 Å². The molecule has 1 spiro atoms. The minimum absolute atomic E-state index is 0.259. The van der Waals surface area contributed by atoms with E-state index in [0.29, 0.717) is 5.60 Å². The maximum atomic E-state index is 6.25. The fraction of sp³-hybridized carbons (Fsp3) is 1.00. The highest BCUT2D eigenvalue weighted by atomic mass is 16.5. The zero-order valence-corrected chi connectivity index (χ0v) is 14.4. The molecule has 21 heavy (non-hydrogen) atoms. The standard InChI is InChI=1S/C19H35NO/c1-18(2,3)20-14-16-7-6-8-17(16)15-9-12-21-19(13-15)10-4-5-11-19/h15-17,20H,4-14H2,1-3H3. The number of rotatable bonds is 3. The molecule has 3 aliphatic rings. The lowest BCUT2D eigenvalue weighted by Crippen LogP contribution is -2.43. The average Bonchev–Trinajstić information content (AvgIpc) is 3.05. The molecule has 0 bridgehead atoms. The van der Waals surface area contributed by atoms with Crippen molar-refractivity contribution in [3.8, 4) is 0 Å². The van der Waals surface area contributed by atoms with E-state index < -0.39 is 0 Å². The Morgan fingerprint density at radius 3 is 2.52 bits per heavy atom. The van der Waals surface area contributed by atoms with Gasteiger partial charge in [0, 0.05) is 12.1 Å². The monoisotopic (exact) mass is 293 g/mol. The smallest absolute Gasteiger partial charge is 0.0685 e. The van der Waals surface area contributed by atoms with E-state index in [4.69, 9.17) is 4.74 Å². The molecule has 0 aromatic heterocycles. The van der Waals surface area contributed by atoms with Crippen LogP contribution in [0.5, 0.6) is 0 Å². The molecule has 122 valence electrons. The predicted molar refractivity (Wildman–Crippen MR) is 88.5 cm³/mol. The van der Waals surface area contributed by atoms with Gasteiger partial charge in [0.1, 0.15) is 0 Å². The Morgan fingerprint density at radius 2 is 1.81 bits per heavy atom. The van der Waals surface area contributed by atoms with Crippen LogP contribution in [0, 0.1) is 17.8 Å². The molecule has 1 heterocycles. The first-order valence-corrected chi connectivity index (χ1v) is 9.36. The quantitative estimate of drug-likeness (QED) is 0.825. The SMILES string of the molecule is CC(C)(C)NCC1CCCC1C1CCOC2(CCCC2)C1. The van der Waals surface area contributed by atoms with Crippen LogP contribution in [0.4, 0.5) is 0 Å². The molecule has 0 radical (unpaired) electrons. The highest BCUT2D eigenvalue weighted by molar-refractivity contribution is 4.95. The maximum absolute atomic E-state index is 6.25. The van der Waals surface area contributed by atoms with Gasteiger partial charge in [0.15, 0.2) is 0 Å². The van der Waals surface area contributed by atoms with Crippen LogP contribution in [0.2, 0.25) is 0 Å². The van der Waals surface area contributed by atoms with Crippen LogP contribution < -0.4 is 5.32 Å². The molecule has 2 aliphatic carbocycles. The van der Waals surface area contributed by atoms with Crippen molar-refractivity contribution in [3.05, 3.63) is 0 Å². The van der Waals surface area contributed by atoms with Gasteiger partial charge in [-0.15, -0.1) is 0 Å². The summed E-state index contributed by atoms with van der Waals surface area (Å²) < 4.78 is 6.25. The van der Waals surface area contributed by atoms with E-state index in [1.165, 1.54) is 64.3 Å². The Labute approximate surface area is 131 Å². The van der Waals surface area contributed by atoms with Gasteiger partial charge in [0.05, 0.1) is 5.60 Å². The van der Waals surface area contributed by atoms with Gasteiger partial charge in [0.2, 0.25) is 0 Å². The molecule has 0 amide bonds. The van der Waals surface area contributed by atoms with Crippen LogP contribution in [0.15, 0.2) is 0 Å². The third kappa shape index (κ3) is 3.82. The van der Waals surface area contributed by atoms with Gasteiger partial charge in [0.25, 0.3) is 0 Å². The summed E-state index contributed by atoms with van der Waals surface area (Å²) in [6, 6.07) is 0. The number of hydrogen-bond donors (Lipinski definition) is 1. The van der Waals surface area contributed by atoms with Crippen molar-refractivity contribution in [2.75, 3.05) is 13.2 Å². The molecule has 3 atom stereocenters. The molecule has 2 nitrogen and oxygen atoms in total. The fourth-order valence-corrected chi connectivity index (χ4v) is 5.18. The van der Waals surface area contributed by atoms with E-state index in [1.807, 2.05) is 0 Å². The summed E-state index contributed by atoms with van der Waals surface area (Å²) >= 11 is 0. The van der Waals surface area contributed by atoms with E-state index >= 15 is 0 Å². The molecule has 3 unspecified atom stereocenters. The molecule has 1 N–H and O–H groups in total. The van der Waals surface area contributed by atoms with Gasteiger partial charge in [-0.1, -0.05) is 19.3 Å². The van der Waals surface area contributed by atoms with Crippen molar-refractivity contribution in [2.24, 2.45) is 17.8 Å². The second-order valence-corrected chi connectivity index (χ2v) is 8.98. The molecular weight excluding hydrogens is 258 g/mol. The molecule has 3 rings (SSSR count). The summed E-state index contributed by atoms with van der Waals surface area (Å²) in [4.78, 5) is 0. The second kappa shape index (κ2) is 6.20. The van der Waals surface area contributed by atoms with E-state index in [1.54, 1.807) is 0 Å². The summed E-state index contributed by atoms with van der Waals surface area (Å²) in [5.41, 5.74) is 0.559. The molecular formula is C19H35NO. The zero-order valence-electron chi connectivity index (χ0n) is 14.4. The Bertz CT molecular complexity index is 340. The van der Waals surface area contributed by atoms with Crippen LogP contribution in [0.1, 0.15) is 78.6 Å². The number of hydrogen-bond acceptors (Lipinski definition) is 2. The van der Waals surface area contributed by atoms with Crippen LogP contribution in [0.25, 0.3) is 0 Å². The minimum atomic E-state index is 0.259. The first-order chi connectivity index (χ1) is 9.98. The number of ether oxygens (including phenoxy) is 1. The molecule has 3 fully saturated rings. The van der Waals surface area contributed by atoms with Crippen molar-refractivity contribution in [1.29, 1.82) is 0 Å². The second-order valence-electron chi connectivity index (χ2n) is 8.98. The number of nitrogens with one attached hydrogen (secondary N) is 1. The van der Waals surface area contributed by atoms with Crippen LogP contribution in [-0.4, -0.2) is 24.3 Å². The van der Waals surface area contributed by atoms with Gasteiger partial charge >= 0.3 is 0 Å². The van der Waals surface area contributed by atoms with Gasteiger partial charge in [-0.2, -0.15) is 0 Å². The summed E-state index contributed by atoms with van der Waals surface area (Å²) in [7, 11) is 0. The summed E-state index contributed by atoms with van der Waals surface area (Å²) in [5, 5.41) is 3.76. The molecule has 0 aromatic rings. The van der Waals surface area contributed by atoms with Crippen molar-refractivity contribution in [2.45, 2.75) is 89.7 Å². The highest BCUT2D eigenvalue weighted by Gasteiger charge is 2.44. The lowest BCUT2D eigenvalue weighted by atomic mass is 9.73. The van der Waals surface area contributed by atoms with Crippen molar-refractivity contribution < 1.29 is 4.74 Å². The van der Waals surface area contributed by atoms with Gasteiger partial charge in [-0.3, -0.25) is 0 Å². The Hall–Kier alpha value is -0.0800. The predicted octanol–water partition coefficient (Wildman–Crippen LogP) is 4.53. The first kappa shape index (κ1) is 15.8. The summed E-state index contributed by atoms with van der Waals surface area (Å²) in [6.45, 7) is 9.12. The molecule has 0 aromatic carbocycles. The maximum Gasteiger partial charge on any atom is 0.0685 e. The summed E-state index contributed by atoms with van der Waals surface area (Å²) in [5.74, 6) is 2.80. The average molecular weight is 293 g/mol. The Kier molecular flexibility index (Phi) is 4.66. The molecule has 1 saturated heterocycles. The molecule has 2 saturated carbocycles. The third-order valence-electron chi connectivity index (χ3n) is 6.26. The van der Waals surface area contributed by atoms with Gasteiger partial charge in [-0.25, -0.2) is 0 Å². The Morgan fingerprint density at radius 1 is 1.05 bits per heavy atom. The summed E-state index contributed by atoms with van der Waals surface area (Å²) in [6.07, 6.45) is 12.5. The van der Waals surface area contributed by atoms with Crippen molar-refractivity contribution in [1.82, 2.24) is 5.32 Å². The lowest BCUT2D eigenvalue weighted by molar-refractivity contribution is -0.104. The van der Waals surface area contributed by atoms with Crippen LogP contribution in [0.3, 0.4) is 0 Å². The zero-order chi connectivity index (χ0) is 14.9. The van der Waals surface area contributed by atoms with E-state index in [-0.39, 0.29) is 5.54 Å². The van der Waals surface area contributed by atoms with Crippen LogP contribution >= 0.6 is 0 Å². The Balaban J connectivity index is 1.59. The third-order valence-corrected chi connectivity index (χ3v) is 6.26. The molecule has 1 aliphatic heterocycles. The van der Waals surface area contributed by atoms with E-state index in [9.17, 15) is 0 Å².